The van der Waals surface area contributed by atoms with Crippen molar-refractivity contribution in [3.05, 3.63) is 82.3 Å². The van der Waals surface area contributed by atoms with Gasteiger partial charge in [0.15, 0.2) is 11.5 Å². The van der Waals surface area contributed by atoms with E-state index in [4.69, 9.17) is 32.7 Å². The molecule has 0 aromatic heterocycles. The molecule has 0 bridgehead atoms. The molecule has 0 unspecified atom stereocenters. The molecule has 0 saturated heterocycles. The molecule has 0 fully saturated rings. The zero-order chi connectivity index (χ0) is 31.1. The largest absolute Gasteiger partial charge is 0.486 e. The van der Waals surface area contributed by atoms with E-state index in [2.05, 4.69) is 5.32 Å². The fraction of sp³-hybridized carbons (Fsp3) is 0.355. The number of hydrogen-bond donors (Lipinski definition) is 1. The van der Waals surface area contributed by atoms with Crippen LogP contribution < -0.4 is 19.1 Å². The van der Waals surface area contributed by atoms with Crippen molar-refractivity contribution in [3.8, 4) is 11.5 Å². The monoisotopic (exact) mass is 647 g/mol. The Morgan fingerprint density at radius 1 is 0.907 bits per heavy atom. The second-order valence-corrected chi connectivity index (χ2v) is 12.8. The molecule has 3 aromatic rings. The molecule has 2 atom stereocenters. The minimum absolute atomic E-state index is 0.00250. The zero-order valence-corrected chi connectivity index (χ0v) is 26.6. The number of hydrogen-bond acceptors (Lipinski definition) is 6. The van der Waals surface area contributed by atoms with Crippen LogP contribution in [0.5, 0.6) is 11.5 Å². The van der Waals surface area contributed by atoms with Crippen molar-refractivity contribution in [1.29, 1.82) is 0 Å². The molecule has 1 heterocycles. The number of amides is 2. The van der Waals surface area contributed by atoms with Crippen LogP contribution in [-0.2, 0) is 26.2 Å². The van der Waals surface area contributed by atoms with Crippen LogP contribution in [-0.4, -0.2) is 57.0 Å². The van der Waals surface area contributed by atoms with E-state index in [1.54, 1.807) is 61.5 Å². The van der Waals surface area contributed by atoms with E-state index < -0.39 is 28.5 Å². The van der Waals surface area contributed by atoms with Gasteiger partial charge in [-0.25, -0.2) is 8.42 Å². The van der Waals surface area contributed by atoms with E-state index in [0.29, 0.717) is 53.2 Å². The van der Waals surface area contributed by atoms with Crippen molar-refractivity contribution < 1.29 is 27.5 Å². The summed E-state index contributed by atoms with van der Waals surface area (Å²) in [7, 11) is -4.22. The van der Waals surface area contributed by atoms with Gasteiger partial charge >= 0.3 is 0 Å². The van der Waals surface area contributed by atoms with E-state index in [1.165, 1.54) is 17.0 Å². The SMILES string of the molecule is CC[C@@H](C)NC(=O)[C@H](CC)N(Cc1ccc(Cl)c(Cl)c1)C(=O)CN(c1ccc2c(c1)OCCO2)S(=O)(=O)c1ccccc1. The van der Waals surface area contributed by atoms with Crippen molar-refractivity contribution in [3.63, 3.8) is 0 Å². The molecule has 3 aromatic carbocycles. The molecule has 1 N–H and O–H groups in total. The lowest BCUT2D eigenvalue weighted by atomic mass is 10.1. The van der Waals surface area contributed by atoms with Crippen molar-refractivity contribution in [1.82, 2.24) is 10.2 Å². The Morgan fingerprint density at radius 2 is 1.60 bits per heavy atom. The van der Waals surface area contributed by atoms with Gasteiger partial charge in [-0.1, -0.05) is 61.3 Å². The van der Waals surface area contributed by atoms with Crippen molar-refractivity contribution in [2.24, 2.45) is 0 Å². The summed E-state index contributed by atoms with van der Waals surface area (Å²) in [5.74, 6) is -0.0578. The van der Waals surface area contributed by atoms with Gasteiger partial charge in [0.25, 0.3) is 10.0 Å². The predicted octanol–water partition coefficient (Wildman–Crippen LogP) is 5.68. The van der Waals surface area contributed by atoms with Crippen molar-refractivity contribution in [2.45, 2.75) is 57.1 Å². The van der Waals surface area contributed by atoms with Gasteiger partial charge in [0.2, 0.25) is 11.8 Å². The summed E-state index contributed by atoms with van der Waals surface area (Å²) in [5, 5.41) is 3.61. The summed E-state index contributed by atoms with van der Waals surface area (Å²) in [4.78, 5) is 29.1. The number of carbonyl (C=O) groups excluding carboxylic acids is 2. The quantitative estimate of drug-likeness (QED) is 0.271. The first kappa shape index (κ1) is 32.4. The average molecular weight is 649 g/mol. The molecule has 0 spiro atoms. The summed E-state index contributed by atoms with van der Waals surface area (Å²) >= 11 is 12.4. The Balaban J connectivity index is 1.76. The molecule has 0 radical (unpaired) electrons. The van der Waals surface area contributed by atoms with Gasteiger partial charge in [-0.05, 0) is 61.7 Å². The van der Waals surface area contributed by atoms with E-state index >= 15 is 0 Å². The number of carbonyl (C=O) groups is 2. The molecule has 230 valence electrons. The van der Waals surface area contributed by atoms with E-state index in [9.17, 15) is 18.0 Å². The minimum atomic E-state index is -4.22. The first-order chi connectivity index (χ1) is 20.5. The average Bonchev–Trinajstić information content (AvgIpc) is 3.01. The standard InChI is InChI=1S/C31H35Cl2N3O6S/c1-4-21(3)34-31(38)27(5-2)35(19-22-11-13-25(32)26(33)17-22)30(37)20-36(43(39,40)24-9-7-6-8-10-24)23-12-14-28-29(18-23)42-16-15-41-28/h6-14,17-18,21,27H,4-5,15-16,19-20H2,1-3H3,(H,34,38)/t21-,27+/m1/s1. The smallest absolute Gasteiger partial charge is 0.264 e. The Kier molecular flexibility index (Phi) is 10.8. The van der Waals surface area contributed by atoms with Gasteiger partial charge in [-0.15, -0.1) is 0 Å². The van der Waals surface area contributed by atoms with E-state index in [0.717, 1.165) is 4.31 Å². The number of ether oxygens (including phenoxy) is 2. The Bertz CT molecular complexity index is 1550. The van der Waals surface area contributed by atoms with Crippen LogP contribution in [0.3, 0.4) is 0 Å². The predicted molar refractivity (Wildman–Crippen MR) is 167 cm³/mol. The highest BCUT2D eigenvalue weighted by atomic mass is 35.5. The molecule has 43 heavy (non-hydrogen) atoms. The first-order valence-corrected chi connectivity index (χ1v) is 16.3. The molecule has 12 heteroatoms. The minimum Gasteiger partial charge on any atom is -0.486 e. The lowest BCUT2D eigenvalue weighted by Crippen LogP contribution is -2.53. The molecule has 1 aliphatic rings. The second kappa shape index (κ2) is 14.3. The highest BCUT2D eigenvalue weighted by Crippen LogP contribution is 2.36. The van der Waals surface area contributed by atoms with E-state index in [-0.39, 0.29) is 29.1 Å². The van der Waals surface area contributed by atoms with Gasteiger partial charge in [0.05, 0.1) is 20.6 Å². The molecule has 4 rings (SSSR count). The lowest BCUT2D eigenvalue weighted by molar-refractivity contribution is -0.140. The van der Waals surface area contributed by atoms with Crippen LogP contribution in [0.25, 0.3) is 0 Å². The third-order valence-corrected chi connectivity index (χ3v) is 9.67. The topological polar surface area (TPSA) is 105 Å². The maximum absolute atomic E-state index is 14.2. The summed E-state index contributed by atoms with van der Waals surface area (Å²) in [6, 6.07) is 16.5. The molecule has 9 nitrogen and oxygen atoms in total. The van der Waals surface area contributed by atoms with Crippen LogP contribution in [0.15, 0.2) is 71.6 Å². The van der Waals surface area contributed by atoms with Gasteiger partial charge < -0.3 is 19.7 Å². The molecule has 0 saturated carbocycles. The highest BCUT2D eigenvalue weighted by Gasteiger charge is 2.34. The molecule has 0 aliphatic carbocycles. The lowest BCUT2D eigenvalue weighted by Gasteiger charge is -2.34. The summed E-state index contributed by atoms with van der Waals surface area (Å²) < 4.78 is 40.4. The molecular weight excluding hydrogens is 613 g/mol. The van der Waals surface area contributed by atoms with Crippen molar-refractivity contribution >= 4 is 50.7 Å². The highest BCUT2D eigenvalue weighted by molar-refractivity contribution is 7.92. The Hall–Kier alpha value is -3.47. The maximum atomic E-state index is 14.2. The number of benzene rings is 3. The summed E-state index contributed by atoms with van der Waals surface area (Å²) in [5.41, 5.74) is 0.849. The van der Waals surface area contributed by atoms with Crippen molar-refractivity contribution in [2.75, 3.05) is 24.1 Å². The van der Waals surface area contributed by atoms with Gasteiger partial charge in [0.1, 0.15) is 25.8 Å². The van der Waals surface area contributed by atoms with Crippen LogP contribution in [0.1, 0.15) is 39.2 Å². The third kappa shape index (κ3) is 7.74. The number of fused-ring (bicyclic) bond motifs is 1. The van der Waals surface area contributed by atoms with Crippen LogP contribution in [0.4, 0.5) is 5.69 Å². The number of sulfonamides is 1. The van der Waals surface area contributed by atoms with Crippen LogP contribution in [0.2, 0.25) is 10.0 Å². The third-order valence-electron chi connectivity index (χ3n) is 7.15. The van der Waals surface area contributed by atoms with Crippen LogP contribution in [0, 0.1) is 0 Å². The van der Waals surface area contributed by atoms with Gasteiger partial charge in [0, 0.05) is 18.7 Å². The van der Waals surface area contributed by atoms with Gasteiger partial charge in [-0.3, -0.25) is 13.9 Å². The number of nitrogens with zero attached hydrogens (tertiary/aromatic N) is 2. The fourth-order valence-corrected chi connectivity index (χ4v) is 6.38. The summed E-state index contributed by atoms with van der Waals surface area (Å²) in [6.07, 6.45) is 1.00. The number of rotatable bonds is 12. The Morgan fingerprint density at radius 3 is 2.26 bits per heavy atom. The van der Waals surface area contributed by atoms with Crippen LogP contribution >= 0.6 is 23.2 Å². The number of anilines is 1. The maximum Gasteiger partial charge on any atom is 0.264 e. The first-order valence-electron chi connectivity index (χ1n) is 14.1. The van der Waals surface area contributed by atoms with E-state index in [1.807, 2.05) is 13.8 Å². The fourth-order valence-electron chi connectivity index (χ4n) is 4.63. The van der Waals surface area contributed by atoms with Gasteiger partial charge in [-0.2, -0.15) is 0 Å². The number of nitrogens with one attached hydrogen (secondary N) is 1. The normalized spacial score (nSPS) is 14.0. The zero-order valence-electron chi connectivity index (χ0n) is 24.3. The molecular formula is C31H35Cl2N3O6S. The Labute approximate surface area is 262 Å². The molecule has 1 aliphatic heterocycles. The number of halogens is 2. The second-order valence-electron chi connectivity index (χ2n) is 10.2. The molecule has 2 amide bonds. The summed E-state index contributed by atoms with van der Waals surface area (Å²) in [6.45, 7) is 5.73.